The summed E-state index contributed by atoms with van der Waals surface area (Å²) in [7, 11) is 0. The molecule has 0 bridgehead atoms. The standard InChI is InChI=1S/C20H30/c1-13-6-7-14(2)20(13)9-8-15-16(20)12-19(5)11-10-18(3,4)17(15)19/h6,12,14-15,17H,7-11H2,1-5H3/t14-,15-,17-,19-,20+/m1/s1. The van der Waals surface area contributed by atoms with Crippen LogP contribution in [0.15, 0.2) is 23.3 Å². The molecule has 0 aromatic rings. The first-order valence-electron chi connectivity index (χ1n) is 8.72. The lowest BCUT2D eigenvalue weighted by Crippen LogP contribution is -2.30. The van der Waals surface area contributed by atoms with Crippen molar-refractivity contribution in [3.63, 3.8) is 0 Å². The average molecular weight is 270 g/mol. The maximum atomic E-state index is 2.78. The highest BCUT2D eigenvalue weighted by atomic mass is 14.7. The van der Waals surface area contributed by atoms with Crippen LogP contribution in [0.4, 0.5) is 0 Å². The zero-order chi connectivity index (χ0) is 14.3. The second kappa shape index (κ2) is 3.62. The molecule has 0 radical (unpaired) electrons. The second-order valence-electron chi connectivity index (χ2n) is 9.21. The van der Waals surface area contributed by atoms with Gasteiger partial charge >= 0.3 is 0 Å². The predicted octanol–water partition coefficient (Wildman–Crippen LogP) is 5.75. The Labute approximate surface area is 124 Å². The van der Waals surface area contributed by atoms with E-state index in [2.05, 4.69) is 46.8 Å². The van der Waals surface area contributed by atoms with E-state index in [1.54, 1.807) is 5.57 Å². The second-order valence-corrected chi connectivity index (χ2v) is 9.21. The Kier molecular flexibility index (Phi) is 2.38. The first-order chi connectivity index (χ1) is 9.31. The molecule has 0 amide bonds. The third-order valence-electron chi connectivity index (χ3n) is 7.83. The molecule has 4 rings (SSSR count). The van der Waals surface area contributed by atoms with Crippen LogP contribution in [-0.4, -0.2) is 0 Å². The SMILES string of the molecule is CC1=CC[C@@H](C)[C@]12CC[C@@H]1C2=C[C@@]2(C)CCC(C)(C)[C@@H]12. The van der Waals surface area contributed by atoms with Crippen LogP contribution in [0.25, 0.3) is 0 Å². The molecule has 0 aromatic heterocycles. The molecule has 0 heterocycles. The molecule has 4 aliphatic carbocycles. The van der Waals surface area contributed by atoms with Crippen molar-refractivity contribution in [3.05, 3.63) is 23.3 Å². The summed E-state index contributed by atoms with van der Waals surface area (Å²) >= 11 is 0. The van der Waals surface area contributed by atoms with Crippen molar-refractivity contribution in [2.75, 3.05) is 0 Å². The van der Waals surface area contributed by atoms with E-state index in [0.29, 0.717) is 16.2 Å². The third-order valence-corrected chi connectivity index (χ3v) is 7.83. The summed E-state index contributed by atoms with van der Waals surface area (Å²) < 4.78 is 0. The van der Waals surface area contributed by atoms with Gasteiger partial charge in [0.15, 0.2) is 0 Å². The van der Waals surface area contributed by atoms with Gasteiger partial charge in [0, 0.05) is 5.41 Å². The van der Waals surface area contributed by atoms with Gasteiger partial charge in [-0.2, -0.15) is 0 Å². The first kappa shape index (κ1) is 13.2. The minimum absolute atomic E-state index is 0.466. The molecular weight excluding hydrogens is 240 g/mol. The molecule has 0 N–H and O–H groups in total. The minimum Gasteiger partial charge on any atom is -0.0844 e. The van der Waals surface area contributed by atoms with E-state index in [0.717, 1.165) is 17.8 Å². The van der Waals surface area contributed by atoms with Crippen LogP contribution in [0.3, 0.4) is 0 Å². The number of hydrogen-bond acceptors (Lipinski definition) is 0. The van der Waals surface area contributed by atoms with Crippen molar-refractivity contribution >= 4 is 0 Å². The fourth-order valence-corrected chi connectivity index (χ4v) is 6.99. The molecule has 0 aromatic carbocycles. The zero-order valence-corrected chi connectivity index (χ0v) is 13.9. The van der Waals surface area contributed by atoms with Gasteiger partial charge < -0.3 is 0 Å². The average Bonchev–Trinajstić information content (AvgIpc) is 3.00. The van der Waals surface area contributed by atoms with Crippen LogP contribution in [0, 0.1) is 34.0 Å². The summed E-state index contributed by atoms with van der Waals surface area (Å²) in [6.45, 7) is 12.5. The van der Waals surface area contributed by atoms with Crippen molar-refractivity contribution in [1.82, 2.24) is 0 Å². The molecule has 5 atom stereocenters. The van der Waals surface area contributed by atoms with Crippen molar-refractivity contribution in [3.8, 4) is 0 Å². The van der Waals surface area contributed by atoms with Gasteiger partial charge in [0.2, 0.25) is 0 Å². The molecule has 2 saturated carbocycles. The molecule has 0 saturated heterocycles. The van der Waals surface area contributed by atoms with Crippen LogP contribution >= 0.6 is 0 Å². The van der Waals surface area contributed by atoms with Crippen LogP contribution in [0.5, 0.6) is 0 Å². The molecule has 0 nitrogen and oxygen atoms in total. The molecular formula is C20H30. The maximum absolute atomic E-state index is 2.78. The molecule has 4 aliphatic rings. The summed E-state index contributed by atoms with van der Waals surface area (Å²) in [5.74, 6) is 2.63. The lowest BCUT2D eigenvalue weighted by molar-refractivity contribution is 0.145. The van der Waals surface area contributed by atoms with Gasteiger partial charge in [0.05, 0.1) is 0 Å². The van der Waals surface area contributed by atoms with Crippen LogP contribution < -0.4 is 0 Å². The van der Waals surface area contributed by atoms with E-state index in [-0.39, 0.29) is 0 Å². The number of fused-ring (bicyclic) bond motifs is 4. The Morgan fingerprint density at radius 3 is 2.50 bits per heavy atom. The van der Waals surface area contributed by atoms with Crippen molar-refractivity contribution in [2.45, 2.75) is 66.7 Å². The Morgan fingerprint density at radius 2 is 1.85 bits per heavy atom. The van der Waals surface area contributed by atoms with Crippen molar-refractivity contribution in [1.29, 1.82) is 0 Å². The monoisotopic (exact) mass is 270 g/mol. The molecule has 1 spiro atoms. The highest BCUT2D eigenvalue weighted by Crippen LogP contribution is 2.72. The van der Waals surface area contributed by atoms with Crippen molar-refractivity contribution < 1.29 is 0 Å². The molecule has 0 aliphatic heterocycles. The van der Waals surface area contributed by atoms with Gasteiger partial charge in [-0.3, -0.25) is 0 Å². The molecule has 0 heteroatoms. The number of rotatable bonds is 0. The van der Waals surface area contributed by atoms with Gasteiger partial charge in [-0.25, -0.2) is 0 Å². The largest absolute Gasteiger partial charge is 0.0844 e. The van der Waals surface area contributed by atoms with E-state index in [4.69, 9.17) is 0 Å². The Balaban J connectivity index is 1.83. The summed E-state index contributed by atoms with van der Waals surface area (Å²) in [6.07, 6.45) is 12.3. The van der Waals surface area contributed by atoms with Gasteiger partial charge in [0.25, 0.3) is 0 Å². The third kappa shape index (κ3) is 1.30. The highest BCUT2D eigenvalue weighted by Gasteiger charge is 2.63. The quantitative estimate of drug-likeness (QED) is 0.491. The van der Waals surface area contributed by atoms with Crippen LogP contribution in [-0.2, 0) is 0 Å². The Bertz CT molecular complexity index is 520. The van der Waals surface area contributed by atoms with Gasteiger partial charge in [-0.1, -0.05) is 51.0 Å². The lowest BCUT2D eigenvalue weighted by atomic mass is 9.67. The van der Waals surface area contributed by atoms with E-state index in [9.17, 15) is 0 Å². The molecule has 110 valence electrons. The highest BCUT2D eigenvalue weighted by molar-refractivity contribution is 5.44. The number of allylic oxidation sites excluding steroid dienone is 4. The Hall–Kier alpha value is -0.520. The fraction of sp³-hybridized carbons (Fsp3) is 0.800. The fourth-order valence-electron chi connectivity index (χ4n) is 6.99. The summed E-state index contributed by atoms with van der Waals surface area (Å²) in [4.78, 5) is 0. The molecule has 0 unspecified atom stereocenters. The molecule has 20 heavy (non-hydrogen) atoms. The minimum atomic E-state index is 0.466. The van der Waals surface area contributed by atoms with Gasteiger partial charge in [-0.15, -0.1) is 0 Å². The number of hydrogen-bond donors (Lipinski definition) is 0. The predicted molar refractivity (Wildman–Crippen MR) is 85.4 cm³/mol. The van der Waals surface area contributed by atoms with E-state index in [1.807, 2.05) is 5.57 Å². The first-order valence-corrected chi connectivity index (χ1v) is 8.72. The maximum Gasteiger partial charge on any atom is 0.0149 e. The van der Waals surface area contributed by atoms with Crippen LogP contribution in [0.1, 0.15) is 66.7 Å². The van der Waals surface area contributed by atoms with Crippen molar-refractivity contribution in [2.24, 2.45) is 34.0 Å². The van der Waals surface area contributed by atoms with E-state index in [1.165, 1.54) is 32.1 Å². The zero-order valence-electron chi connectivity index (χ0n) is 13.9. The van der Waals surface area contributed by atoms with E-state index < -0.39 is 0 Å². The normalized spacial score (nSPS) is 52.1. The lowest BCUT2D eigenvalue weighted by Gasteiger charge is -2.36. The molecule has 2 fully saturated rings. The van der Waals surface area contributed by atoms with Gasteiger partial charge in [-0.05, 0) is 67.6 Å². The Morgan fingerprint density at radius 1 is 1.10 bits per heavy atom. The summed E-state index contributed by atoms with van der Waals surface area (Å²) in [6, 6.07) is 0. The summed E-state index contributed by atoms with van der Waals surface area (Å²) in [5, 5.41) is 0. The topological polar surface area (TPSA) is 0 Å². The smallest absolute Gasteiger partial charge is 0.0149 e. The van der Waals surface area contributed by atoms with Crippen LogP contribution in [0.2, 0.25) is 0 Å². The van der Waals surface area contributed by atoms with Gasteiger partial charge in [0.1, 0.15) is 0 Å². The van der Waals surface area contributed by atoms with E-state index >= 15 is 0 Å². The summed E-state index contributed by atoms with van der Waals surface area (Å²) in [5.41, 5.74) is 5.08.